The van der Waals surface area contributed by atoms with E-state index < -0.39 is 29.6 Å². The van der Waals surface area contributed by atoms with Gasteiger partial charge in [-0.1, -0.05) is 13.8 Å². The minimum atomic E-state index is -2.53. The average Bonchev–Trinajstić information content (AvgIpc) is 3.33. The molecule has 1 aromatic rings. The fraction of sp³-hybridized carbons (Fsp3) is 0.805. The van der Waals surface area contributed by atoms with E-state index >= 15 is 0 Å². The summed E-state index contributed by atoms with van der Waals surface area (Å²) in [4.78, 5) is 11.9. The van der Waals surface area contributed by atoms with Crippen molar-refractivity contribution in [3.8, 4) is 0 Å². The Morgan fingerprint density at radius 1 is 0.848 bits per heavy atom. The Morgan fingerprint density at radius 2 is 1.50 bits per heavy atom. The van der Waals surface area contributed by atoms with Gasteiger partial charge in [-0.25, -0.2) is 0 Å². The Hall–Kier alpha value is -0.401. The van der Waals surface area contributed by atoms with Crippen LogP contribution in [0.4, 0.5) is 0 Å². The summed E-state index contributed by atoms with van der Waals surface area (Å²) in [5.41, 5.74) is 3.10. The molecule has 258 valence electrons. The molecule has 1 saturated heterocycles. The summed E-state index contributed by atoms with van der Waals surface area (Å²) in [5, 5.41) is 24.0. The van der Waals surface area contributed by atoms with Crippen molar-refractivity contribution in [2.45, 2.75) is 174 Å². The van der Waals surface area contributed by atoms with Crippen molar-refractivity contribution in [3.05, 3.63) is 41.0 Å². The number of unbranched alkanes of at least 4 members (excludes halogenated alkanes) is 3. The van der Waals surface area contributed by atoms with Gasteiger partial charge in [0.15, 0.2) is 0 Å². The van der Waals surface area contributed by atoms with Crippen LogP contribution in [0.5, 0.6) is 0 Å². The predicted molar refractivity (Wildman–Crippen MR) is 192 cm³/mol. The molecule has 4 aliphatic carbocycles. The fourth-order valence-corrected chi connectivity index (χ4v) is 27.5. The maximum atomic E-state index is 12.6. The second kappa shape index (κ2) is 13.7. The summed E-state index contributed by atoms with van der Waals surface area (Å²) in [6.45, 7) is 14.6. The molecule has 4 fully saturated rings. The summed E-state index contributed by atoms with van der Waals surface area (Å²) in [5.74, 6) is 1.24. The first kappa shape index (κ1) is 35.4. The van der Waals surface area contributed by atoms with E-state index in [4.69, 9.17) is 9.78 Å². The zero-order chi connectivity index (χ0) is 32.8. The van der Waals surface area contributed by atoms with Gasteiger partial charge in [-0.2, -0.15) is 0 Å². The Kier molecular flexibility index (Phi) is 10.6. The molecular weight excluding hydrogens is 675 g/mol. The zero-order valence-electron chi connectivity index (χ0n) is 30.3. The van der Waals surface area contributed by atoms with Gasteiger partial charge in [0.1, 0.15) is 0 Å². The Balaban J connectivity index is 1.39. The second-order valence-corrected chi connectivity index (χ2v) is 31.1. The number of rotatable bonds is 11. The summed E-state index contributed by atoms with van der Waals surface area (Å²) >= 11 is -2.53. The van der Waals surface area contributed by atoms with Crippen LogP contribution in [0.3, 0.4) is 0 Å². The van der Waals surface area contributed by atoms with E-state index in [1.54, 1.807) is 9.15 Å². The summed E-state index contributed by atoms with van der Waals surface area (Å²) in [7, 11) is 0. The van der Waals surface area contributed by atoms with Crippen LogP contribution in [0.1, 0.15) is 149 Å². The van der Waals surface area contributed by atoms with Gasteiger partial charge in [0.2, 0.25) is 0 Å². The molecular formula is C41H66O4Sn. The molecule has 1 unspecified atom stereocenters. The zero-order valence-corrected chi connectivity index (χ0v) is 33.1. The normalized spacial score (nSPS) is 37.2. The summed E-state index contributed by atoms with van der Waals surface area (Å²) in [6.07, 6.45) is 16.1. The van der Waals surface area contributed by atoms with Gasteiger partial charge in [0.25, 0.3) is 0 Å². The van der Waals surface area contributed by atoms with Gasteiger partial charge < -0.3 is 0 Å². The number of hydrogen-bond acceptors (Lipinski definition) is 4. The molecule has 7 atom stereocenters. The molecule has 1 spiro atoms. The van der Waals surface area contributed by atoms with Gasteiger partial charge in [-0.05, 0) is 0 Å². The first-order chi connectivity index (χ1) is 21.9. The third kappa shape index (κ3) is 6.47. The van der Waals surface area contributed by atoms with Crippen LogP contribution in [0.2, 0.25) is 13.3 Å². The van der Waals surface area contributed by atoms with Crippen molar-refractivity contribution in [2.75, 3.05) is 6.61 Å². The van der Waals surface area contributed by atoms with E-state index in [-0.39, 0.29) is 22.9 Å². The standard InChI is InChI=1S/C29H39O4.3C4H9.Sn/c1-26(2)16-28(33-32-18-26)13-12-23-25-20(11-14-29(23,31)17-28)22-9-10-24(30)27(22,3)15-21(25)19-7-5-4-6-8-19;3*1-3-4-2;/h5-8,20-22,24,30-31H,9-18H2,1-3H3;3*1,3-4H2,2H3;/t20-,21+,22-,24-,27-,28?,29+;;;;/m0..../s1. The molecule has 3 saturated carbocycles. The monoisotopic (exact) mass is 742 g/mol. The van der Waals surface area contributed by atoms with Crippen molar-refractivity contribution < 1.29 is 20.0 Å². The third-order valence-electron chi connectivity index (χ3n) is 13.9. The molecule has 1 aromatic carbocycles. The first-order valence-electron chi connectivity index (χ1n) is 19.5. The van der Waals surface area contributed by atoms with Crippen LogP contribution < -0.4 is 3.58 Å². The van der Waals surface area contributed by atoms with Gasteiger partial charge in [-0.15, -0.1) is 0 Å². The fourth-order valence-electron chi connectivity index (χ4n) is 11.6. The Bertz CT molecular complexity index is 1220. The number of benzene rings is 1. The van der Waals surface area contributed by atoms with Crippen LogP contribution in [-0.4, -0.2) is 52.5 Å². The van der Waals surface area contributed by atoms with E-state index in [1.807, 2.05) is 0 Å². The van der Waals surface area contributed by atoms with Crippen molar-refractivity contribution in [1.82, 2.24) is 0 Å². The van der Waals surface area contributed by atoms with Crippen LogP contribution in [-0.2, 0) is 9.78 Å². The minimum absolute atomic E-state index is 0.0546. The first-order valence-corrected chi connectivity index (χ1v) is 27.0. The van der Waals surface area contributed by atoms with Crippen LogP contribution in [0.25, 0.3) is 0 Å². The SMILES string of the molecule is CCC[CH2][Sn]([CH2]CCC)([CH2]CCC)[c]1ccc([C@H]2C[C@]3(C)[C@@H](O)CC[C@H]3[C@@H]3CC[C@@]4(O)CC5(CCC4=C32)CC(C)(C)COO5)cc1. The molecule has 0 bridgehead atoms. The topological polar surface area (TPSA) is 58.9 Å². The molecule has 5 aliphatic rings. The average molecular weight is 742 g/mol. The second-order valence-electron chi connectivity index (χ2n) is 17.8. The van der Waals surface area contributed by atoms with E-state index in [1.165, 1.54) is 63.0 Å². The van der Waals surface area contributed by atoms with Crippen molar-refractivity contribution in [3.63, 3.8) is 0 Å². The predicted octanol–water partition coefficient (Wildman–Crippen LogP) is 9.75. The maximum absolute atomic E-state index is 12.6. The van der Waals surface area contributed by atoms with Gasteiger partial charge in [-0.3, -0.25) is 0 Å². The number of hydrogen-bond donors (Lipinski definition) is 2. The Morgan fingerprint density at radius 3 is 2.11 bits per heavy atom. The van der Waals surface area contributed by atoms with Crippen LogP contribution in [0.15, 0.2) is 35.4 Å². The van der Waals surface area contributed by atoms with E-state index in [0.29, 0.717) is 24.9 Å². The summed E-state index contributed by atoms with van der Waals surface area (Å²) < 4.78 is 6.23. The molecule has 4 nitrogen and oxygen atoms in total. The number of allylic oxidation sites excluding steroid dienone is 1. The van der Waals surface area contributed by atoms with Crippen molar-refractivity contribution in [1.29, 1.82) is 0 Å². The molecule has 6 rings (SSSR count). The molecule has 46 heavy (non-hydrogen) atoms. The van der Waals surface area contributed by atoms with Crippen molar-refractivity contribution in [2.24, 2.45) is 22.7 Å². The molecule has 5 heteroatoms. The third-order valence-corrected chi connectivity index (χ3v) is 29.6. The molecule has 0 radical (unpaired) electrons. The van der Waals surface area contributed by atoms with E-state index in [9.17, 15) is 10.2 Å². The number of aliphatic hydroxyl groups excluding tert-OH is 1. The Labute approximate surface area is 285 Å². The van der Waals surface area contributed by atoms with Gasteiger partial charge in [0.05, 0.1) is 6.61 Å². The molecule has 0 amide bonds. The van der Waals surface area contributed by atoms with Gasteiger partial charge >= 0.3 is 266 Å². The van der Waals surface area contributed by atoms with Gasteiger partial charge in [0, 0.05) is 0 Å². The number of aliphatic hydroxyl groups is 2. The summed E-state index contributed by atoms with van der Waals surface area (Å²) in [6, 6.07) is 10.2. The molecule has 2 N–H and O–H groups in total. The van der Waals surface area contributed by atoms with Crippen LogP contribution >= 0.6 is 0 Å². The molecule has 1 heterocycles. The van der Waals surface area contributed by atoms with E-state index in [2.05, 4.69) is 65.8 Å². The van der Waals surface area contributed by atoms with Crippen molar-refractivity contribution >= 4 is 22.0 Å². The van der Waals surface area contributed by atoms with Crippen LogP contribution in [0, 0.1) is 22.7 Å². The quantitative estimate of drug-likeness (QED) is 0.135. The van der Waals surface area contributed by atoms with E-state index in [0.717, 1.165) is 51.4 Å². The molecule has 1 aliphatic heterocycles. The molecule has 0 aromatic heterocycles. The number of fused-ring (bicyclic) bond motifs is 4.